The molecule has 1 unspecified atom stereocenters. The quantitative estimate of drug-likeness (QED) is 0.932. The van der Waals surface area contributed by atoms with Gasteiger partial charge in [0.15, 0.2) is 0 Å². The van der Waals surface area contributed by atoms with Gasteiger partial charge in [0, 0.05) is 36.1 Å². The van der Waals surface area contributed by atoms with Gasteiger partial charge < -0.3 is 14.6 Å². The van der Waals surface area contributed by atoms with Gasteiger partial charge in [0.25, 0.3) is 0 Å². The van der Waals surface area contributed by atoms with E-state index in [9.17, 15) is 18.0 Å². The minimum absolute atomic E-state index is 0.0122. The molecule has 0 aliphatic heterocycles. The summed E-state index contributed by atoms with van der Waals surface area (Å²) in [4.78, 5) is 11.1. The molecule has 0 saturated heterocycles. The number of amides is 1. The van der Waals surface area contributed by atoms with Gasteiger partial charge in [0.1, 0.15) is 5.75 Å². The summed E-state index contributed by atoms with van der Waals surface area (Å²) in [6, 6.07) is 5.74. The molecule has 1 amide bonds. The Balaban J connectivity index is 1.97. The number of fused-ring (bicyclic) bond motifs is 3. The summed E-state index contributed by atoms with van der Waals surface area (Å²) >= 11 is 0. The summed E-state index contributed by atoms with van der Waals surface area (Å²) in [5.41, 5.74) is 3.17. The van der Waals surface area contributed by atoms with E-state index in [1.807, 2.05) is 30.6 Å². The molecule has 130 valence electrons. The number of benzene rings is 1. The largest absolute Gasteiger partial charge is 0.497 e. The van der Waals surface area contributed by atoms with Crippen LogP contribution >= 0.6 is 0 Å². The maximum absolute atomic E-state index is 12.4. The normalized spacial score (nSPS) is 17.6. The van der Waals surface area contributed by atoms with E-state index in [-0.39, 0.29) is 12.5 Å². The van der Waals surface area contributed by atoms with E-state index in [0.29, 0.717) is 5.75 Å². The zero-order valence-electron chi connectivity index (χ0n) is 13.5. The predicted molar refractivity (Wildman–Crippen MR) is 84.2 cm³/mol. The van der Waals surface area contributed by atoms with Crippen molar-refractivity contribution in [2.45, 2.75) is 31.4 Å². The van der Waals surface area contributed by atoms with Gasteiger partial charge in [-0.25, -0.2) is 0 Å². The molecule has 1 aliphatic rings. The van der Waals surface area contributed by atoms with E-state index < -0.39 is 12.1 Å². The van der Waals surface area contributed by atoms with Crippen molar-refractivity contribution in [3.05, 3.63) is 29.5 Å². The van der Waals surface area contributed by atoms with Crippen LogP contribution in [0.2, 0.25) is 0 Å². The van der Waals surface area contributed by atoms with Crippen LogP contribution in [0.5, 0.6) is 5.75 Å². The molecule has 1 heterocycles. The second kappa shape index (κ2) is 6.03. The number of alkyl halides is 3. The van der Waals surface area contributed by atoms with Gasteiger partial charge in [-0.3, -0.25) is 4.79 Å². The van der Waals surface area contributed by atoms with Crippen molar-refractivity contribution >= 4 is 16.8 Å². The number of hydrogen-bond donors (Lipinski definition) is 1. The predicted octanol–water partition coefficient (Wildman–Crippen LogP) is 3.29. The van der Waals surface area contributed by atoms with Gasteiger partial charge >= 0.3 is 12.1 Å². The van der Waals surface area contributed by atoms with Crippen LogP contribution in [0, 0.1) is 0 Å². The molecule has 4 nitrogen and oxygen atoms in total. The fourth-order valence-electron chi connectivity index (χ4n) is 3.57. The SMILES string of the molecule is COc1ccc2c(c1)c1c(n2C)CCCC1CNC(=O)C(F)(F)F. The van der Waals surface area contributed by atoms with Crippen LogP contribution in [0.25, 0.3) is 10.9 Å². The van der Waals surface area contributed by atoms with Crippen LogP contribution in [-0.4, -0.2) is 30.3 Å². The van der Waals surface area contributed by atoms with Gasteiger partial charge in [-0.05, 0) is 43.0 Å². The van der Waals surface area contributed by atoms with Crippen molar-refractivity contribution in [3.63, 3.8) is 0 Å². The van der Waals surface area contributed by atoms with E-state index in [0.717, 1.165) is 41.4 Å². The summed E-state index contributed by atoms with van der Waals surface area (Å²) in [5.74, 6) is -1.30. The number of ether oxygens (including phenoxy) is 1. The number of rotatable bonds is 3. The van der Waals surface area contributed by atoms with E-state index >= 15 is 0 Å². The van der Waals surface area contributed by atoms with Crippen molar-refractivity contribution in [3.8, 4) is 5.75 Å². The Hall–Kier alpha value is -2.18. The van der Waals surface area contributed by atoms with E-state index in [1.54, 1.807) is 7.11 Å². The Bertz CT molecular complexity index is 780. The lowest BCUT2D eigenvalue weighted by Gasteiger charge is -2.24. The lowest BCUT2D eigenvalue weighted by atomic mass is 9.85. The van der Waals surface area contributed by atoms with Gasteiger partial charge in [0.05, 0.1) is 7.11 Å². The van der Waals surface area contributed by atoms with Crippen LogP contribution in [0.1, 0.15) is 30.0 Å². The first-order valence-corrected chi connectivity index (χ1v) is 7.83. The van der Waals surface area contributed by atoms with Crippen LogP contribution < -0.4 is 10.1 Å². The number of carbonyl (C=O) groups excluding carboxylic acids is 1. The molecule has 7 heteroatoms. The van der Waals surface area contributed by atoms with Crippen molar-refractivity contribution in [1.82, 2.24) is 9.88 Å². The molecule has 0 saturated carbocycles. The Kier molecular flexibility index (Phi) is 4.19. The zero-order valence-corrected chi connectivity index (χ0v) is 13.5. The lowest BCUT2D eigenvalue weighted by molar-refractivity contribution is -0.173. The molecule has 1 atom stereocenters. The molecule has 1 N–H and O–H groups in total. The van der Waals surface area contributed by atoms with Gasteiger partial charge in [-0.1, -0.05) is 0 Å². The van der Waals surface area contributed by atoms with Gasteiger partial charge in [-0.15, -0.1) is 0 Å². The second-order valence-corrected chi connectivity index (χ2v) is 6.10. The summed E-state index contributed by atoms with van der Waals surface area (Å²) < 4.78 is 44.6. The third-order valence-corrected chi connectivity index (χ3v) is 4.71. The van der Waals surface area contributed by atoms with Gasteiger partial charge in [-0.2, -0.15) is 13.2 Å². The van der Waals surface area contributed by atoms with Gasteiger partial charge in [0.2, 0.25) is 0 Å². The van der Waals surface area contributed by atoms with Crippen molar-refractivity contribution in [1.29, 1.82) is 0 Å². The summed E-state index contributed by atoms with van der Waals surface area (Å²) in [7, 11) is 3.54. The highest BCUT2D eigenvalue weighted by Crippen LogP contribution is 2.39. The number of hydrogen-bond acceptors (Lipinski definition) is 2. The fraction of sp³-hybridized carbons (Fsp3) is 0.471. The topological polar surface area (TPSA) is 43.3 Å². The smallest absolute Gasteiger partial charge is 0.471 e. The number of halogens is 3. The maximum Gasteiger partial charge on any atom is 0.471 e. The first-order valence-electron chi connectivity index (χ1n) is 7.83. The second-order valence-electron chi connectivity index (χ2n) is 6.10. The van der Waals surface area contributed by atoms with Crippen LogP contribution in [0.15, 0.2) is 18.2 Å². The lowest BCUT2D eigenvalue weighted by Crippen LogP contribution is -2.39. The minimum Gasteiger partial charge on any atom is -0.497 e. The Morgan fingerprint density at radius 2 is 2.17 bits per heavy atom. The Labute approximate surface area is 137 Å². The number of aryl methyl sites for hydroxylation is 1. The number of methoxy groups -OCH3 is 1. The minimum atomic E-state index is -4.85. The van der Waals surface area contributed by atoms with Crippen LogP contribution in [0.4, 0.5) is 13.2 Å². The molecule has 0 fully saturated rings. The molecule has 2 aromatic rings. The third-order valence-electron chi connectivity index (χ3n) is 4.71. The molecule has 1 aromatic heterocycles. The van der Waals surface area contributed by atoms with Crippen molar-refractivity contribution < 1.29 is 22.7 Å². The molecule has 3 rings (SSSR count). The summed E-state index contributed by atoms with van der Waals surface area (Å²) in [6.07, 6.45) is -2.33. The van der Waals surface area contributed by atoms with Crippen molar-refractivity contribution in [2.75, 3.05) is 13.7 Å². The Morgan fingerprint density at radius 3 is 2.83 bits per heavy atom. The van der Waals surface area contributed by atoms with Crippen LogP contribution in [0.3, 0.4) is 0 Å². The summed E-state index contributed by atoms with van der Waals surface area (Å²) in [6.45, 7) is -0.0122. The highest BCUT2D eigenvalue weighted by Gasteiger charge is 2.39. The number of carbonyl (C=O) groups is 1. The zero-order chi connectivity index (χ0) is 17.5. The van der Waals surface area contributed by atoms with E-state index in [1.165, 1.54) is 0 Å². The first kappa shape index (κ1) is 16.7. The Morgan fingerprint density at radius 1 is 1.42 bits per heavy atom. The molecule has 0 radical (unpaired) electrons. The molecule has 1 aliphatic carbocycles. The van der Waals surface area contributed by atoms with Crippen molar-refractivity contribution in [2.24, 2.45) is 7.05 Å². The molecular weight excluding hydrogens is 321 g/mol. The maximum atomic E-state index is 12.4. The molecule has 0 spiro atoms. The first-order chi connectivity index (χ1) is 11.3. The average molecular weight is 340 g/mol. The number of aromatic nitrogens is 1. The fourth-order valence-corrected chi connectivity index (χ4v) is 3.57. The highest BCUT2D eigenvalue weighted by molar-refractivity contribution is 5.88. The average Bonchev–Trinajstić information content (AvgIpc) is 2.84. The highest BCUT2D eigenvalue weighted by atomic mass is 19.4. The van der Waals surface area contributed by atoms with E-state index in [2.05, 4.69) is 4.57 Å². The van der Waals surface area contributed by atoms with Crippen LogP contribution in [-0.2, 0) is 18.3 Å². The monoisotopic (exact) mass is 340 g/mol. The van der Waals surface area contributed by atoms with E-state index in [4.69, 9.17) is 4.74 Å². The number of nitrogens with zero attached hydrogens (tertiary/aromatic N) is 1. The summed E-state index contributed by atoms with van der Waals surface area (Å²) in [5, 5.41) is 3.02. The molecule has 0 bridgehead atoms. The standard InChI is InChI=1S/C17H19F3N2O2/c1-22-13-7-6-11(24-2)8-12(13)15-10(4-3-5-14(15)22)9-21-16(23)17(18,19)20/h6-8,10H,3-5,9H2,1-2H3,(H,21,23). The number of nitrogens with one attached hydrogen (secondary N) is 1. The molecule has 1 aromatic carbocycles. The molecular formula is C17H19F3N2O2. The molecule has 24 heavy (non-hydrogen) atoms. The third kappa shape index (κ3) is 2.83.